The van der Waals surface area contributed by atoms with Crippen molar-refractivity contribution in [3.8, 4) is 22.8 Å². The van der Waals surface area contributed by atoms with Gasteiger partial charge >= 0.3 is 12.2 Å². The first kappa shape index (κ1) is 32.0. The lowest BCUT2D eigenvalue weighted by Gasteiger charge is -2.28. The van der Waals surface area contributed by atoms with Gasteiger partial charge in [-0.1, -0.05) is 23.4 Å². The van der Waals surface area contributed by atoms with Crippen molar-refractivity contribution in [1.82, 2.24) is 10.1 Å². The lowest BCUT2D eigenvalue weighted by atomic mass is 10.1. The molecule has 4 aromatic rings. The summed E-state index contributed by atoms with van der Waals surface area (Å²) in [5.74, 6) is 0.515. The SMILES string of the molecule is COc1ccc(COc2ccc(Cc3cc(-c4cccnc4N(C(=O)OC(C)(C)C)C(=O)OC(C)(C)C)on3)cc2F)cc1. The minimum Gasteiger partial charge on any atom is -0.497 e. The van der Waals surface area contributed by atoms with E-state index in [2.05, 4.69) is 10.1 Å². The number of methoxy groups -OCH3 is 1. The summed E-state index contributed by atoms with van der Waals surface area (Å²) in [6, 6.07) is 16.9. The molecule has 0 spiro atoms. The lowest BCUT2D eigenvalue weighted by Crippen LogP contribution is -2.44. The number of hydrogen-bond donors (Lipinski definition) is 0. The largest absolute Gasteiger partial charge is 0.497 e. The summed E-state index contributed by atoms with van der Waals surface area (Å²) in [5.41, 5.74) is 0.512. The van der Waals surface area contributed by atoms with Gasteiger partial charge in [0.2, 0.25) is 0 Å². The maximum atomic E-state index is 14.9. The first-order valence-corrected chi connectivity index (χ1v) is 13.9. The fraction of sp³-hybridized carbons (Fsp3) is 0.333. The first-order valence-electron chi connectivity index (χ1n) is 13.9. The van der Waals surface area contributed by atoms with Gasteiger partial charge in [0.15, 0.2) is 23.1 Å². The molecule has 2 aromatic carbocycles. The summed E-state index contributed by atoms with van der Waals surface area (Å²) in [6.07, 6.45) is -0.248. The molecule has 10 nitrogen and oxygen atoms in total. The van der Waals surface area contributed by atoms with E-state index < -0.39 is 29.2 Å². The Bertz CT molecular complexity index is 1580. The maximum Gasteiger partial charge on any atom is 0.425 e. The van der Waals surface area contributed by atoms with E-state index >= 15 is 0 Å². The zero-order valence-electron chi connectivity index (χ0n) is 25.8. The quantitative estimate of drug-likeness (QED) is 0.199. The number of carbonyl (C=O) groups is 2. The number of ether oxygens (including phenoxy) is 4. The van der Waals surface area contributed by atoms with E-state index in [-0.39, 0.29) is 30.4 Å². The highest BCUT2D eigenvalue weighted by molar-refractivity contribution is 6.10. The van der Waals surface area contributed by atoms with Crippen molar-refractivity contribution in [3.63, 3.8) is 0 Å². The topological polar surface area (TPSA) is 113 Å². The van der Waals surface area contributed by atoms with E-state index in [9.17, 15) is 14.0 Å². The molecule has 2 heterocycles. The first-order chi connectivity index (χ1) is 20.7. The van der Waals surface area contributed by atoms with Crippen LogP contribution in [0, 0.1) is 5.82 Å². The molecule has 11 heteroatoms. The number of nitrogens with zero attached hydrogens (tertiary/aromatic N) is 3. The minimum absolute atomic E-state index is 0.0527. The van der Waals surface area contributed by atoms with Crippen molar-refractivity contribution in [2.75, 3.05) is 12.0 Å². The zero-order valence-corrected chi connectivity index (χ0v) is 25.8. The third kappa shape index (κ3) is 8.56. The van der Waals surface area contributed by atoms with Crippen LogP contribution in [0.1, 0.15) is 58.4 Å². The van der Waals surface area contributed by atoms with Crippen LogP contribution in [-0.2, 0) is 22.5 Å². The molecular formula is C33H36FN3O7. The number of imide groups is 1. The van der Waals surface area contributed by atoms with Gasteiger partial charge in [-0.25, -0.2) is 19.0 Å². The third-order valence-electron chi connectivity index (χ3n) is 5.91. The molecule has 0 radical (unpaired) electrons. The van der Waals surface area contributed by atoms with Crippen molar-refractivity contribution in [1.29, 1.82) is 0 Å². The van der Waals surface area contributed by atoms with E-state index in [1.165, 1.54) is 12.3 Å². The smallest absolute Gasteiger partial charge is 0.425 e. The van der Waals surface area contributed by atoms with E-state index in [1.54, 1.807) is 79.0 Å². The molecule has 0 N–H and O–H groups in total. The standard InChI is InChI=1S/C33H36FN3O7/c1-32(2,3)42-30(38)37(31(39)43-33(4,5)6)29-25(9-8-16-35-29)28-19-23(36-44-28)17-22-12-15-27(26(34)18-22)41-20-21-10-13-24(40-7)14-11-21/h8-16,18-19H,17,20H2,1-7H3. The normalized spacial score (nSPS) is 11.5. The molecule has 4 rings (SSSR count). The molecule has 0 saturated carbocycles. The number of benzene rings is 2. The number of aromatic nitrogens is 2. The molecule has 0 aliphatic rings. The van der Waals surface area contributed by atoms with E-state index in [4.69, 9.17) is 23.5 Å². The number of anilines is 1. The van der Waals surface area contributed by atoms with Crippen molar-refractivity contribution in [3.05, 3.63) is 89.5 Å². The van der Waals surface area contributed by atoms with Gasteiger partial charge < -0.3 is 23.5 Å². The summed E-state index contributed by atoms with van der Waals surface area (Å²) in [6.45, 7) is 10.3. The third-order valence-corrected chi connectivity index (χ3v) is 5.91. The molecular weight excluding hydrogens is 569 g/mol. The number of rotatable bonds is 8. The van der Waals surface area contributed by atoms with Gasteiger partial charge in [-0.3, -0.25) is 0 Å². The van der Waals surface area contributed by atoms with Gasteiger partial charge in [-0.2, -0.15) is 4.90 Å². The second kappa shape index (κ2) is 13.2. The minimum atomic E-state index is -0.962. The van der Waals surface area contributed by atoms with Gasteiger partial charge in [0, 0.05) is 18.7 Å². The molecule has 2 aromatic heterocycles. The summed E-state index contributed by atoms with van der Waals surface area (Å²) < 4.78 is 42.3. The van der Waals surface area contributed by atoms with Crippen LogP contribution in [0.5, 0.6) is 11.5 Å². The van der Waals surface area contributed by atoms with Gasteiger partial charge in [0.25, 0.3) is 0 Å². The fourth-order valence-corrected chi connectivity index (χ4v) is 4.02. The Balaban J connectivity index is 1.53. The van der Waals surface area contributed by atoms with E-state index in [0.717, 1.165) is 16.2 Å². The molecule has 0 saturated heterocycles. The number of pyridine rings is 1. The van der Waals surface area contributed by atoms with Gasteiger partial charge in [0.05, 0.1) is 18.4 Å². The fourth-order valence-electron chi connectivity index (χ4n) is 4.02. The van der Waals surface area contributed by atoms with E-state index in [0.29, 0.717) is 16.8 Å². The van der Waals surface area contributed by atoms with Crippen LogP contribution in [0.15, 0.2) is 71.4 Å². The number of amides is 2. The molecule has 0 bridgehead atoms. The molecule has 232 valence electrons. The molecule has 0 fully saturated rings. The molecule has 2 amide bonds. The van der Waals surface area contributed by atoms with Crippen LogP contribution in [0.3, 0.4) is 0 Å². The second-order valence-electron chi connectivity index (χ2n) is 11.9. The molecule has 0 aliphatic carbocycles. The average molecular weight is 606 g/mol. The summed E-state index contributed by atoms with van der Waals surface area (Å²) in [5, 5.41) is 4.12. The van der Waals surface area contributed by atoms with Crippen LogP contribution in [0.4, 0.5) is 19.8 Å². The summed E-state index contributed by atoms with van der Waals surface area (Å²) in [7, 11) is 1.59. The predicted octanol–water partition coefficient (Wildman–Crippen LogP) is 7.73. The molecule has 0 atom stereocenters. The Morgan fingerprint density at radius 1 is 0.886 bits per heavy atom. The summed E-state index contributed by atoms with van der Waals surface area (Å²) in [4.78, 5) is 31.4. The van der Waals surface area contributed by atoms with Gasteiger partial charge in [-0.15, -0.1) is 0 Å². The maximum absolute atomic E-state index is 14.9. The van der Waals surface area contributed by atoms with Crippen LogP contribution < -0.4 is 14.4 Å². The van der Waals surface area contributed by atoms with E-state index in [1.807, 2.05) is 24.3 Å². The van der Waals surface area contributed by atoms with Crippen molar-refractivity contribution >= 4 is 18.0 Å². The van der Waals surface area contributed by atoms with Crippen LogP contribution in [0.25, 0.3) is 11.3 Å². The highest BCUT2D eigenvalue weighted by Gasteiger charge is 2.35. The monoisotopic (exact) mass is 605 g/mol. The Hall–Kier alpha value is -4.93. The highest BCUT2D eigenvalue weighted by Crippen LogP contribution is 2.32. The van der Waals surface area contributed by atoms with Crippen LogP contribution in [0.2, 0.25) is 0 Å². The number of hydrogen-bond acceptors (Lipinski definition) is 9. The lowest BCUT2D eigenvalue weighted by molar-refractivity contribution is 0.0429. The van der Waals surface area contributed by atoms with Crippen molar-refractivity contribution in [2.45, 2.75) is 65.8 Å². The van der Waals surface area contributed by atoms with Crippen molar-refractivity contribution in [2.24, 2.45) is 0 Å². The van der Waals surface area contributed by atoms with Crippen molar-refractivity contribution < 1.29 is 37.5 Å². The predicted molar refractivity (Wildman–Crippen MR) is 161 cm³/mol. The molecule has 0 aliphatic heterocycles. The number of carbonyl (C=O) groups excluding carboxylic acids is 2. The Morgan fingerprint density at radius 3 is 2.11 bits per heavy atom. The van der Waals surface area contributed by atoms with Gasteiger partial charge in [0.1, 0.15) is 23.6 Å². The van der Waals surface area contributed by atoms with Crippen LogP contribution >= 0.6 is 0 Å². The summed E-state index contributed by atoms with van der Waals surface area (Å²) >= 11 is 0. The Morgan fingerprint density at radius 2 is 1.52 bits per heavy atom. The van der Waals surface area contributed by atoms with Crippen LogP contribution in [-0.4, -0.2) is 40.6 Å². The second-order valence-corrected chi connectivity index (χ2v) is 11.9. The zero-order chi connectivity index (χ0) is 32.1. The average Bonchev–Trinajstić information content (AvgIpc) is 3.39. The Kier molecular flexibility index (Phi) is 9.56. The molecule has 44 heavy (non-hydrogen) atoms. The number of halogens is 1. The Labute approximate surface area is 255 Å². The van der Waals surface area contributed by atoms with Gasteiger partial charge in [-0.05, 0) is 89.1 Å². The molecule has 0 unspecified atom stereocenters. The highest BCUT2D eigenvalue weighted by atomic mass is 19.1.